The molecule has 0 bridgehead atoms. The molecular weight excluding hydrogens is 245 g/mol. The third-order valence-electron chi connectivity index (χ3n) is 2.29. The van der Waals surface area contributed by atoms with E-state index in [0.717, 1.165) is 6.07 Å². The predicted molar refractivity (Wildman–Crippen MR) is 60.9 cm³/mol. The Morgan fingerprint density at radius 2 is 1.94 bits per heavy atom. The second-order valence-electron chi connectivity index (χ2n) is 3.66. The van der Waals surface area contributed by atoms with Crippen LogP contribution in [0.4, 0.5) is 13.2 Å². The van der Waals surface area contributed by atoms with Gasteiger partial charge in [-0.05, 0) is 18.6 Å². The van der Waals surface area contributed by atoms with Crippen LogP contribution in [0.25, 0.3) is 0 Å². The molecule has 0 fully saturated rings. The molecule has 0 saturated heterocycles. The van der Waals surface area contributed by atoms with E-state index in [-0.39, 0.29) is 24.2 Å². The Morgan fingerprint density at radius 1 is 1.33 bits per heavy atom. The van der Waals surface area contributed by atoms with E-state index >= 15 is 0 Å². The molecule has 0 aliphatic heterocycles. The molecule has 1 aromatic rings. The first-order valence-corrected chi connectivity index (χ1v) is 5.36. The first-order valence-electron chi connectivity index (χ1n) is 5.36. The number of esters is 1. The van der Waals surface area contributed by atoms with Crippen molar-refractivity contribution in [1.82, 2.24) is 0 Å². The highest BCUT2D eigenvalue weighted by atomic mass is 19.4. The van der Waals surface area contributed by atoms with Crippen LogP contribution in [0, 0.1) is 0 Å². The number of benzene rings is 1. The van der Waals surface area contributed by atoms with Gasteiger partial charge >= 0.3 is 12.1 Å². The molecule has 0 saturated carbocycles. The van der Waals surface area contributed by atoms with Crippen molar-refractivity contribution in [3.8, 4) is 0 Å². The fourth-order valence-electron chi connectivity index (χ4n) is 1.49. The van der Waals surface area contributed by atoms with Crippen molar-refractivity contribution in [2.24, 2.45) is 0 Å². The predicted octanol–water partition coefficient (Wildman–Crippen LogP) is 3.37. The Balaban J connectivity index is 2.92. The summed E-state index contributed by atoms with van der Waals surface area (Å²) in [5, 5.41) is 0. The number of alkyl halides is 3. The summed E-state index contributed by atoms with van der Waals surface area (Å²) in [5.74, 6) is -0.672. The van der Waals surface area contributed by atoms with Gasteiger partial charge in [0.05, 0.1) is 12.2 Å². The first-order chi connectivity index (χ1) is 8.36. The molecule has 0 atom stereocenters. The summed E-state index contributed by atoms with van der Waals surface area (Å²) in [5.41, 5.74) is -0.730. The smallest absolute Gasteiger partial charge is 0.416 e. The Morgan fingerprint density at radius 3 is 2.50 bits per heavy atom. The molecule has 0 aliphatic rings. The summed E-state index contributed by atoms with van der Waals surface area (Å²) in [7, 11) is 0. The van der Waals surface area contributed by atoms with Gasteiger partial charge in [0.25, 0.3) is 0 Å². The van der Waals surface area contributed by atoms with Gasteiger partial charge in [-0.1, -0.05) is 24.8 Å². The van der Waals surface area contributed by atoms with E-state index in [4.69, 9.17) is 0 Å². The summed E-state index contributed by atoms with van der Waals surface area (Å²) in [6, 6.07) is 5.10. The molecule has 0 radical (unpaired) electrons. The average molecular weight is 258 g/mol. The van der Waals surface area contributed by atoms with Crippen molar-refractivity contribution in [2.75, 3.05) is 6.61 Å². The topological polar surface area (TPSA) is 26.3 Å². The van der Waals surface area contributed by atoms with Crippen LogP contribution in [0.3, 0.4) is 0 Å². The van der Waals surface area contributed by atoms with Crippen LogP contribution < -0.4 is 0 Å². The second-order valence-corrected chi connectivity index (χ2v) is 3.66. The molecule has 0 aliphatic carbocycles. The van der Waals surface area contributed by atoms with E-state index in [1.165, 1.54) is 18.2 Å². The number of rotatable bonds is 4. The van der Waals surface area contributed by atoms with Crippen LogP contribution in [0.1, 0.15) is 18.1 Å². The zero-order valence-corrected chi connectivity index (χ0v) is 9.88. The molecule has 1 rings (SSSR count). The molecule has 98 valence electrons. The van der Waals surface area contributed by atoms with Gasteiger partial charge in [-0.25, -0.2) is 4.79 Å². The summed E-state index contributed by atoms with van der Waals surface area (Å²) >= 11 is 0. The van der Waals surface area contributed by atoms with Crippen molar-refractivity contribution in [2.45, 2.75) is 19.5 Å². The van der Waals surface area contributed by atoms with Gasteiger partial charge in [0.2, 0.25) is 0 Å². The first kappa shape index (κ1) is 14.3. The van der Waals surface area contributed by atoms with Gasteiger partial charge < -0.3 is 4.74 Å². The summed E-state index contributed by atoms with van der Waals surface area (Å²) < 4.78 is 42.8. The zero-order valence-electron chi connectivity index (χ0n) is 9.88. The van der Waals surface area contributed by atoms with Gasteiger partial charge in [0.1, 0.15) is 0 Å². The van der Waals surface area contributed by atoms with Gasteiger partial charge in [-0.3, -0.25) is 0 Å². The fourth-order valence-corrected chi connectivity index (χ4v) is 1.49. The lowest BCUT2D eigenvalue weighted by Gasteiger charge is -2.13. The normalized spacial score (nSPS) is 11.1. The largest absolute Gasteiger partial charge is 0.463 e. The highest BCUT2D eigenvalue weighted by molar-refractivity contribution is 5.88. The molecule has 0 heterocycles. The summed E-state index contributed by atoms with van der Waals surface area (Å²) in [6.45, 7) is 5.24. The zero-order chi connectivity index (χ0) is 13.8. The maximum absolute atomic E-state index is 12.7. The number of carbonyl (C=O) groups excluding carboxylic acids is 1. The molecule has 0 N–H and O–H groups in total. The molecule has 0 unspecified atom stereocenters. The maximum atomic E-state index is 12.7. The van der Waals surface area contributed by atoms with Crippen molar-refractivity contribution in [3.05, 3.63) is 47.5 Å². The summed E-state index contributed by atoms with van der Waals surface area (Å²) in [4.78, 5) is 11.3. The monoisotopic (exact) mass is 258 g/mol. The molecule has 18 heavy (non-hydrogen) atoms. The molecule has 0 amide bonds. The van der Waals surface area contributed by atoms with E-state index in [9.17, 15) is 18.0 Å². The van der Waals surface area contributed by atoms with Crippen LogP contribution in [0.5, 0.6) is 0 Å². The van der Waals surface area contributed by atoms with Gasteiger partial charge in [-0.15, -0.1) is 0 Å². The van der Waals surface area contributed by atoms with Crippen molar-refractivity contribution >= 4 is 5.97 Å². The van der Waals surface area contributed by atoms with E-state index in [1.807, 2.05) is 0 Å². The lowest BCUT2D eigenvalue weighted by molar-refractivity contribution is -0.140. The third-order valence-corrected chi connectivity index (χ3v) is 2.29. The third kappa shape index (κ3) is 3.61. The number of hydrogen-bond acceptors (Lipinski definition) is 2. The van der Waals surface area contributed by atoms with Gasteiger partial charge in [-0.2, -0.15) is 13.2 Å². The number of ether oxygens (including phenoxy) is 1. The van der Waals surface area contributed by atoms with E-state index in [2.05, 4.69) is 11.3 Å². The molecule has 2 nitrogen and oxygen atoms in total. The minimum Gasteiger partial charge on any atom is -0.463 e. The molecule has 1 aromatic carbocycles. The highest BCUT2D eigenvalue weighted by Gasteiger charge is 2.33. The van der Waals surface area contributed by atoms with Crippen molar-refractivity contribution in [1.29, 1.82) is 0 Å². The fraction of sp³-hybridized carbons (Fsp3) is 0.308. The SMILES string of the molecule is C=C(Cc1ccccc1C(F)(F)F)C(=O)OCC. The molecule has 5 heteroatoms. The van der Waals surface area contributed by atoms with Crippen LogP contribution in [0.15, 0.2) is 36.4 Å². The van der Waals surface area contributed by atoms with E-state index in [1.54, 1.807) is 6.92 Å². The Kier molecular flexibility index (Phi) is 4.53. The minimum absolute atomic E-state index is 0.00792. The second kappa shape index (κ2) is 5.71. The number of halogens is 3. The van der Waals surface area contributed by atoms with Gasteiger partial charge in [0, 0.05) is 12.0 Å². The molecule has 0 spiro atoms. The van der Waals surface area contributed by atoms with Crippen LogP contribution >= 0.6 is 0 Å². The number of hydrogen-bond donors (Lipinski definition) is 0. The van der Waals surface area contributed by atoms with Gasteiger partial charge in [0.15, 0.2) is 0 Å². The Labute approximate surface area is 103 Å². The quantitative estimate of drug-likeness (QED) is 0.611. The average Bonchev–Trinajstić information content (AvgIpc) is 2.28. The molecular formula is C13H13F3O2. The Hall–Kier alpha value is -1.78. The lowest BCUT2D eigenvalue weighted by Crippen LogP contribution is -2.13. The highest BCUT2D eigenvalue weighted by Crippen LogP contribution is 2.32. The molecule has 0 aromatic heterocycles. The maximum Gasteiger partial charge on any atom is 0.416 e. The van der Waals surface area contributed by atoms with E-state index in [0.29, 0.717) is 0 Å². The summed E-state index contributed by atoms with van der Waals surface area (Å²) in [6.07, 6.45) is -4.61. The van der Waals surface area contributed by atoms with Crippen molar-refractivity contribution < 1.29 is 22.7 Å². The van der Waals surface area contributed by atoms with E-state index < -0.39 is 17.7 Å². The minimum atomic E-state index is -4.44. The van der Waals surface area contributed by atoms with Crippen LogP contribution in [0.2, 0.25) is 0 Å². The van der Waals surface area contributed by atoms with Crippen LogP contribution in [-0.4, -0.2) is 12.6 Å². The lowest BCUT2D eigenvalue weighted by atomic mass is 10.0. The number of carbonyl (C=O) groups is 1. The standard InChI is InChI=1S/C13H13F3O2/c1-3-18-12(17)9(2)8-10-6-4-5-7-11(10)13(14,15)16/h4-7H,2-3,8H2,1H3. The van der Waals surface area contributed by atoms with Crippen LogP contribution in [-0.2, 0) is 22.1 Å². The van der Waals surface area contributed by atoms with Crippen molar-refractivity contribution in [3.63, 3.8) is 0 Å². The Bertz CT molecular complexity index is 450.